The molecule has 3 fully saturated rings. The summed E-state index contributed by atoms with van der Waals surface area (Å²) in [7, 11) is 0. The topological polar surface area (TPSA) is 58.3 Å². The summed E-state index contributed by atoms with van der Waals surface area (Å²) in [5.41, 5.74) is -0.650. The van der Waals surface area contributed by atoms with Crippen LogP contribution in [0.3, 0.4) is 0 Å². The van der Waals surface area contributed by atoms with Crippen molar-refractivity contribution in [3.63, 3.8) is 0 Å². The van der Waals surface area contributed by atoms with Crippen molar-refractivity contribution in [3.8, 4) is 0 Å². The fourth-order valence-electron chi connectivity index (χ4n) is 3.97. The summed E-state index contributed by atoms with van der Waals surface area (Å²) in [6, 6.07) is 4.10. The molecule has 1 saturated carbocycles. The zero-order valence-corrected chi connectivity index (χ0v) is 15.0. The molecule has 3 heterocycles. The standard InChI is InChI=1S/C17H24N4O2S/c1-17(13-4-5-13)15(22)21(16(23)18-17)12-20-8-6-19(7-9-20)11-14-3-2-10-24-14/h2-3,10,13H,4-9,11-12H2,1H3,(H,18,23)/p+2/t17-/m1/s1. The van der Waals surface area contributed by atoms with Gasteiger partial charge in [0.2, 0.25) is 0 Å². The minimum Gasteiger partial charge on any atom is -0.323 e. The molecule has 1 aromatic heterocycles. The van der Waals surface area contributed by atoms with E-state index < -0.39 is 5.54 Å². The lowest BCUT2D eigenvalue weighted by molar-refractivity contribution is -1.02. The van der Waals surface area contributed by atoms with Crippen molar-refractivity contribution in [2.24, 2.45) is 5.92 Å². The first-order chi connectivity index (χ1) is 11.6. The largest absolute Gasteiger partial charge is 0.329 e. The molecule has 0 radical (unpaired) electrons. The second-order valence-corrected chi connectivity index (χ2v) is 8.59. The molecule has 0 bridgehead atoms. The van der Waals surface area contributed by atoms with Crippen molar-refractivity contribution in [1.82, 2.24) is 10.2 Å². The lowest BCUT2D eigenvalue weighted by atomic mass is 9.96. The zero-order chi connectivity index (χ0) is 16.7. The van der Waals surface area contributed by atoms with Crippen LogP contribution in [0.5, 0.6) is 0 Å². The molecule has 0 spiro atoms. The maximum absolute atomic E-state index is 12.7. The maximum atomic E-state index is 12.7. The number of hydrogen-bond donors (Lipinski definition) is 3. The van der Waals surface area contributed by atoms with E-state index in [1.807, 2.05) is 18.3 Å². The zero-order valence-electron chi connectivity index (χ0n) is 14.1. The molecule has 1 atom stereocenters. The minimum absolute atomic E-state index is 0.0177. The Morgan fingerprint density at radius 1 is 1.25 bits per heavy atom. The molecule has 7 heteroatoms. The summed E-state index contributed by atoms with van der Waals surface area (Å²) in [5, 5.41) is 5.07. The lowest BCUT2D eigenvalue weighted by Crippen LogP contribution is -3.28. The van der Waals surface area contributed by atoms with Crippen LogP contribution in [-0.2, 0) is 11.3 Å². The third kappa shape index (κ3) is 2.96. The van der Waals surface area contributed by atoms with Gasteiger partial charge in [-0.2, -0.15) is 0 Å². The van der Waals surface area contributed by atoms with Crippen LogP contribution in [0, 0.1) is 5.92 Å². The fourth-order valence-corrected chi connectivity index (χ4v) is 4.75. The van der Waals surface area contributed by atoms with Gasteiger partial charge >= 0.3 is 6.03 Å². The van der Waals surface area contributed by atoms with E-state index in [0.717, 1.165) is 45.6 Å². The van der Waals surface area contributed by atoms with Gasteiger partial charge in [0.05, 0.1) is 4.88 Å². The summed E-state index contributed by atoms with van der Waals surface area (Å²) in [6.45, 7) is 7.71. The molecule has 1 aliphatic carbocycles. The van der Waals surface area contributed by atoms with Crippen molar-refractivity contribution >= 4 is 23.3 Å². The number of urea groups is 1. The van der Waals surface area contributed by atoms with Crippen LogP contribution in [0.25, 0.3) is 0 Å². The summed E-state index contributed by atoms with van der Waals surface area (Å²) in [6.07, 6.45) is 2.10. The van der Waals surface area contributed by atoms with Crippen molar-refractivity contribution < 1.29 is 19.4 Å². The minimum atomic E-state index is -0.650. The smallest absolute Gasteiger partial charge is 0.323 e. The third-order valence-corrected chi connectivity index (χ3v) is 6.62. The predicted molar refractivity (Wildman–Crippen MR) is 90.8 cm³/mol. The predicted octanol–water partition coefficient (Wildman–Crippen LogP) is -1.29. The molecule has 0 aromatic carbocycles. The van der Waals surface area contributed by atoms with Crippen molar-refractivity contribution in [2.75, 3.05) is 32.8 Å². The van der Waals surface area contributed by atoms with Crippen LogP contribution >= 0.6 is 11.3 Å². The van der Waals surface area contributed by atoms with E-state index in [0.29, 0.717) is 12.6 Å². The number of quaternary nitrogens is 2. The van der Waals surface area contributed by atoms with Crippen molar-refractivity contribution in [1.29, 1.82) is 0 Å². The average molecular weight is 350 g/mol. The van der Waals surface area contributed by atoms with Crippen molar-refractivity contribution in [2.45, 2.75) is 31.8 Å². The van der Waals surface area contributed by atoms with Gasteiger partial charge in [-0.3, -0.25) is 4.79 Å². The van der Waals surface area contributed by atoms with Crippen LogP contribution in [0.2, 0.25) is 0 Å². The first-order valence-corrected chi connectivity index (χ1v) is 9.78. The Morgan fingerprint density at radius 2 is 1.96 bits per heavy atom. The SMILES string of the molecule is C[C@]1(C2CC2)NC(=O)N(C[NH+]2CC[NH+](Cc3cccs3)CC2)C1=O. The molecular formula is C17H26N4O2S+2. The number of amides is 3. The van der Waals surface area contributed by atoms with Gasteiger partial charge in [0.1, 0.15) is 38.3 Å². The van der Waals surface area contributed by atoms with Crippen LogP contribution in [0.4, 0.5) is 4.79 Å². The van der Waals surface area contributed by atoms with Gasteiger partial charge in [-0.1, -0.05) is 6.07 Å². The number of nitrogens with one attached hydrogen (secondary N) is 3. The number of nitrogens with zero attached hydrogens (tertiary/aromatic N) is 1. The highest BCUT2D eigenvalue weighted by Gasteiger charge is 2.56. The highest BCUT2D eigenvalue weighted by atomic mass is 32.1. The monoisotopic (exact) mass is 350 g/mol. The second-order valence-electron chi connectivity index (χ2n) is 7.55. The first kappa shape index (κ1) is 16.1. The Morgan fingerprint density at radius 3 is 2.58 bits per heavy atom. The molecule has 2 saturated heterocycles. The summed E-state index contributed by atoms with van der Waals surface area (Å²) in [4.78, 5) is 30.8. The van der Waals surface area contributed by atoms with Gasteiger partial charge < -0.3 is 15.1 Å². The van der Waals surface area contributed by atoms with E-state index >= 15 is 0 Å². The summed E-state index contributed by atoms with van der Waals surface area (Å²) >= 11 is 1.82. The van der Waals surface area contributed by atoms with E-state index in [2.05, 4.69) is 22.8 Å². The van der Waals surface area contributed by atoms with Crippen LogP contribution in [-0.4, -0.2) is 55.2 Å². The van der Waals surface area contributed by atoms with E-state index in [1.165, 1.54) is 14.7 Å². The van der Waals surface area contributed by atoms with E-state index in [1.54, 1.807) is 4.90 Å². The molecule has 130 valence electrons. The van der Waals surface area contributed by atoms with Crippen molar-refractivity contribution in [3.05, 3.63) is 22.4 Å². The number of hydrogen-bond acceptors (Lipinski definition) is 3. The van der Waals surface area contributed by atoms with E-state index in [9.17, 15) is 9.59 Å². The average Bonchev–Trinajstić information content (AvgIpc) is 3.27. The molecule has 2 aliphatic heterocycles. The molecule has 3 aliphatic rings. The van der Waals surface area contributed by atoms with Crippen LogP contribution in [0.15, 0.2) is 17.5 Å². The number of imide groups is 1. The Balaban J connectivity index is 1.30. The van der Waals surface area contributed by atoms with Gasteiger partial charge in [0, 0.05) is 0 Å². The fraction of sp³-hybridized carbons (Fsp3) is 0.647. The van der Waals surface area contributed by atoms with E-state index in [-0.39, 0.29) is 11.9 Å². The molecule has 6 nitrogen and oxygen atoms in total. The Kier molecular flexibility index (Phi) is 4.10. The molecule has 3 N–H and O–H groups in total. The third-order valence-electron chi connectivity index (χ3n) is 5.75. The molecule has 0 unspecified atom stereocenters. The quantitative estimate of drug-likeness (QED) is 0.579. The molecule has 24 heavy (non-hydrogen) atoms. The molecular weight excluding hydrogens is 324 g/mol. The van der Waals surface area contributed by atoms with Crippen LogP contribution < -0.4 is 15.1 Å². The van der Waals surface area contributed by atoms with Gasteiger partial charge in [-0.15, -0.1) is 11.3 Å². The first-order valence-electron chi connectivity index (χ1n) is 8.90. The van der Waals surface area contributed by atoms with Gasteiger partial charge in [-0.25, -0.2) is 9.69 Å². The molecule has 4 rings (SSSR count). The molecule has 1 aromatic rings. The second kappa shape index (κ2) is 6.13. The van der Waals surface area contributed by atoms with Gasteiger partial charge in [0.25, 0.3) is 5.91 Å². The molecule has 3 amide bonds. The van der Waals surface area contributed by atoms with Gasteiger partial charge in [0.15, 0.2) is 6.67 Å². The number of carbonyl (C=O) groups excluding carboxylic acids is 2. The Labute approximate surface area is 146 Å². The van der Waals surface area contributed by atoms with Crippen LogP contribution in [0.1, 0.15) is 24.6 Å². The number of carbonyl (C=O) groups is 2. The number of thiophene rings is 1. The maximum Gasteiger partial charge on any atom is 0.329 e. The number of rotatable bonds is 5. The Bertz CT molecular complexity index is 623. The normalized spacial score (nSPS) is 33.8. The lowest BCUT2D eigenvalue weighted by Gasteiger charge is -2.31. The number of piperazine rings is 1. The summed E-state index contributed by atoms with van der Waals surface area (Å²) in [5.74, 6) is 0.317. The highest BCUT2D eigenvalue weighted by Crippen LogP contribution is 2.42. The Hall–Kier alpha value is -1.44. The van der Waals surface area contributed by atoms with Gasteiger partial charge in [-0.05, 0) is 37.1 Å². The van der Waals surface area contributed by atoms with E-state index in [4.69, 9.17) is 0 Å². The summed E-state index contributed by atoms with van der Waals surface area (Å²) < 4.78 is 0. The highest BCUT2D eigenvalue weighted by molar-refractivity contribution is 7.09.